The van der Waals surface area contributed by atoms with Gasteiger partial charge in [0.25, 0.3) is 5.91 Å². The van der Waals surface area contributed by atoms with E-state index in [1.165, 1.54) is 0 Å². The van der Waals surface area contributed by atoms with E-state index in [-0.39, 0.29) is 30.3 Å². The number of hydrogen-bond donors (Lipinski definition) is 0. The number of nitrogens with zero attached hydrogens (tertiary/aromatic N) is 4. The largest absolute Gasteiger partial charge is 0.497 e. The van der Waals surface area contributed by atoms with Gasteiger partial charge in [-0.2, -0.15) is 5.10 Å². The molecular formula is C29H36N4O5. The summed E-state index contributed by atoms with van der Waals surface area (Å²) >= 11 is 0. The molecule has 38 heavy (non-hydrogen) atoms. The van der Waals surface area contributed by atoms with Crippen molar-refractivity contribution in [2.75, 3.05) is 60.2 Å². The Labute approximate surface area is 223 Å². The molecule has 9 nitrogen and oxygen atoms in total. The lowest BCUT2D eigenvalue weighted by Gasteiger charge is -2.31. The van der Waals surface area contributed by atoms with Crippen LogP contribution in [-0.2, 0) is 14.3 Å². The van der Waals surface area contributed by atoms with Crippen LogP contribution in [0, 0.1) is 5.92 Å². The second-order valence-electron chi connectivity index (χ2n) is 9.96. The molecule has 2 fully saturated rings. The zero-order valence-corrected chi connectivity index (χ0v) is 22.2. The highest BCUT2D eigenvalue weighted by Gasteiger charge is 2.38. The smallest absolute Gasteiger partial charge is 0.262 e. The Morgan fingerprint density at radius 2 is 1.76 bits per heavy atom. The van der Waals surface area contributed by atoms with Crippen LogP contribution in [0.2, 0.25) is 0 Å². The summed E-state index contributed by atoms with van der Waals surface area (Å²) < 4.78 is 16.4. The molecule has 9 heteroatoms. The lowest BCUT2D eigenvalue weighted by atomic mass is 9.97. The highest BCUT2D eigenvalue weighted by Crippen LogP contribution is 2.38. The molecule has 2 heterocycles. The van der Waals surface area contributed by atoms with E-state index in [1.807, 2.05) is 48.5 Å². The molecule has 1 saturated heterocycles. The third kappa shape index (κ3) is 6.00. The lowest BCUT2D eigenvalue weighted by Crippen LogP contribution is -2.47. The van der Waals surface area contributed by atoms with Gasteiger partial charge in [0.05, 0.1) is 39.2 Å². The van der Waals surface area contributed by atoms with Gasteiger partial charge in [0.1, 0.15) is 18.0 Å². The Morgan fingerprint density at radius 1 is 1.03 bits per heavy atom. The fourth-order valence-electron chi connectivity index (χ4n) is 5.06. The maximum Gasteiger partial charge on any atom is 0.262 e. The fourth-order valence-corrected chi connectivity index (χ4v) is 5.06. The molecule has 1 unspecified atom stereocenters. The Morgan fingerprint density at radius 3 is 2.45 bits per heavy atom. The van der Waals surface area contributed by atoms with E-state index in [2.05, 4.69) is 4.90 Å². The number of benzene rings is 2. The number of para-hydroxylation sites is 1. The van der Waals surface area contributed by atoms with Crippen molar-refractivity contribution in [2.45, 2.75) is 25.3 Å². The first-order valence-electron chi connectivity index (χ1n) is 13.3. The number of hydrogen-bond acceptors (Lipinski definition) is 7. The molecule has 2 aliphatic heterocycles. The van der Waals surface area contributed by atoms with Crippen LogP contribution < -0.4 is 9.47 Å². The van der Waals surface area contributed by atoms with E-state index < -0.39 is 0 Å². The first-order valence-corrected chi connectivity index (χ1v) is 13.3. The molecule has 2 aromatic carbocycles. The molecule has 0 N–H and O–H groups in total. The quantitative estimate of drug-likeness (QED) is 0.479. The predicted octanol–water partition coefficient (Wildman–Crippen LogP) is 2.95. The van der Waals surface area contributed by atoms with E-state index in [1.54, 1.807) is 24.1 Å². The van der Waals surface area contributed by atoms with Crippen LogP contribution in [0.5, 0.6) is 11.5 Å². The number of rotatable bonds is 10. The van der Waals surface area contributed by atoms with Gasteiger partial charge in [-0.05, 0) is 48.7 Å². The minimum atomic E-state index is -0.326. The standard InChI is InChI=1S/C29H36N4O5/c1-36-23-11-9-21(10-12-23)25-19-26(24-5-3-4-6-27(24)37-2)33(30-25)28(34)20-32(29(35)22-7-8-22)14-13-31-15-17-38-18-16-31/h3-6,9-12,22,26H,7-8,13-20H2,1-2H3. The van der Waals surface area contributed by atoms with Crippen molar-refractivity contribution < 1.29 is 23.8 Å². The molecule has 1 saturated carbocycles. The Balaban J connectivity index is 1.38. The van der Waals surface area contributed by atoms with Crippen LogP contribution in [-0.4, -0.2) is 92.5 Å². The normalized spacial score (nSPS) is 19.7. The zero-order chi connectivity index (χ0) is 26.5. The van der Waals surface area contributed by atoms with Gasteiger partial charge in [0.15, 0.2) is 0 Å². The molecule has 5 rings (SSSR count). The molecule has 0 aromatic heterocycles. The number of carbonyl (C=O) groups excluding carboxylic acids is 2. The summed E-state index contributed by atoms with van der Waals surface area (Å²) in [5.74, 6) is 1.38. The summed E-state index contributed by atoms with van der Waals surface area (Å²) in [5.41, 5.74) is 2.63. The summed E-state index contributed by atoms with van der Waals surface area (Å²) in [5, 5.41) is 6.36. The highest BCUT2D eigenvalue weighted by molar-refractivity contribution is 6.03. The summed E-state index contributed by atoms with van der Waals surface area (Å²) in [6, 6.07) is 15.1. The van der Waals surface area contributed by atoms with Gasteiger partial charge in [-0.25, -0.2) is 5.01 Å². The molecular weight excluding hydrogens is 484 g/mol. The van der Waals surface area contributed by atoms with E-state index in [4.69, 9.17) is 19.3 Å². The van der Waals surface area contributed by atoms with Crippen LogP contribution in [0.15, 0.2) is 53.6 Å². The van der Waals surface area contributed by atoms with Gasteiger partial charge in [-0.15, -0.1) is 0 Å². The van der Waals surface area contributed by atoms with Crippen LogP contribution in [0.25, 0.3) is 0 Å². The van der Waals surface area contributed by atoms with Gasteiger partial charge < -0.3 is 19.1 Å². The van der Waals surface area contributed by atoms with E-state index in [0.717, 1.165) is 55.1 Å². The molecule has 0 bridgehead atoms. The van der Waals surface area contributed by atoms with Gasteiger partial charge in [0, 0.05) is 44.1 Å². The average molecular weight is 521 g/mol. The molecule has 3 aliphatic rings. The van der Waals surface area contributed by atoms with Crippen molar-refractivity contribution in [3.8, 4) is 11.5 Å². The fraction of sp³-hybridized carbons (Fsp3) is 0.483. The maximum absolute atomic E-state index is 13.8. The Kier molecular flexibility index (Phi) is 8.24. The predicted molar refractivity (Wildman–Crippen MR) is 143 cm³/mol. The maximum atomic E-state index is 13.8. The number of ether oxygens (including phenoxy) is 3. The van der Waals surface area contributed by atoms with E-state index >= 15 is 0 Å². The minimum absolute atomic E-state index is 0.00468. The van der Waals surface area contributed by atoms with Crippen LogP contribution in [0.4, 0.5) is 0 Å². The molecule has 0 spiro atoms. The highest BCUT2D eigenvalue weighted by atomic mass is 16.5. The van der Waals surface area contributed by atoms with Gasteiger partial charge >= 0.3 is 0 Å². The number of morpholine rings is 1. The lowest BCUT2D eigenvalue weighted by molar-refractivity contribution is -0.142. The van der Waals surface area contributed by atoms with Crippen LogP contribution >= 0.6 is 0 Å². The summed E-state index contributed by atoms with van der Waals surface area (Å²) in [7, 11) is 3.26. The van der Waals surface area contributed by atoms with Crippen LogP contribution in [0.1, 0.15) is 36.4 Å². The minimum Gasteiger partial charge on any atom is -0.497 e. The SMILES string of the molecule is COc1ccc(C2=NN(C(=O)CN(CCN3CCOCC3)C(=O)C3CC3)C(c3ccccc3OC)C2)cc1. The van der Waals surface area contributed by atoms with Crippen molar-refractivity contribution in [1.82, 2.24) is 14.8 Å². The third-order valence-electron chi connectivity index (χ3n) is 7.44. The summed E-state index contributed by atoms with van der Waals surface area (Å²) in [4.78, 5) is 31.0. The number of hydrazone groups is 1. The monoisotopic (exact) mass is 520 g/mol. The van der Waals surface area contributed by atoms with Crippen molar-refractivity contribution in [3.05, 3.63) is 59.7 Å². The number of carbonyl (C=O) groups is 2. The van der Waals surface area contributed by atoms with E-state index in [0.29, 0.717) is 31.9 Å². The first kappa shape index (κ1) is 26.2. The molecule has 0 radical (unpaired) electrons. The third-order valence-corrected chi connectivity index (χ3v) is 7.44. The van der Waals surface area contributed by atoms with Crippen molar-refractivity contribution in [2.24, 2.45) is 11.0 Å². The molecule has 2 amide bonds. The van der Waals surface area contributed by atoms with Crippen molar-refractivity contribution in [1.29, 1.82) is 0 Å². The molecule has 2 aromatic rings. The number of methoxy groups -OCH3 is 2. The number of amides is 2. The molecule has 202 valence electrons. The van der Waals surface area contributed by atoms with Gasteiger partial charge in [-0.1, -0.05) is 18.2 Å². The van der Waals surface area contributed by atoms with Gasteiger partial charge in [0.2, 0.25) is 5.91 Å². The average Bonchev–Trinajstić information content (AvgIpc) is 3.73. The van der Waals surface area contributed by atoms with E-state index in [9.17, 15) is 9.59 Å². The Bertz CT molecular complexity index is 1160. The second kappa shape index (κ2) is 12.0. The first-order chi connectivity index (χ1) is 18.6. The van der Waals surface area contributed by atoms with Crippen LogP contribution in [0.3, 0.4) is 0 Å². The second-order valence-corrected chi connectivity index (χ2v) is 9.96. The Hall–Kier alpha value is -3.43. The summed E-state index contributed by atoms with van der Waals surface area (Å²) in [6.45, 7) is 4.34. The zero-order valence-electron chi connectivity index (χ0n) is 22.2. The topological polar surface area (TPSA) is 83.9 Å². The molecule has 1 atom stereocenters. The molecule has 1 aliphatic carbocycles. The van der Waals surface area contributed by atoms with Crippen molar-refractivity contribution >= 4 is 17.5 Å². The van der Waals surface area contributed by atoms with Gasteiger partial charge in [-0.3, -0.25) is 14.5 Å². The summed E-state index contributed by atoms with van der Waals surface area (Å²) in [6.07, 6.45) is 2.34. The van der Waals surface area contributed by atoms with Crippen molar-refractivity contribution in [3.63, 3.8) is 0 Å².